The average Bonchev–Trinajstić information content (AvgIpc) is 2.75. The molecule has 29 heavy (non-hydrogen) atoms. The number of H-pyrrole nitrogens is 1. The summed E-state index contributed by atoms with van der Waals surface area (Å²) in [5, 5.41) is 2.33. The number of nitrogens with one attached hydrogen (secondary N) is 1. The molecule has 5 rings (SSSR count). The molecule has 0 unspecified atom stereocenters. The second-order valence-electron chi connectivity index (χ2n) is 6.65. The van der Waals surface area contributed by atoms with Crippen molar-refractivity contribution in [1.82, 2.24) is 9.97 Å². The molecule has 0 aliphatic rings. The number of hydrogen-bond acceptors (Lipinski definition) is 3. The van der Waals surface area contributed by atoms with E-state index in [1.165, 1.54) is 0 Å². The summed E-state index contributed by atoms with van der Waals surface area (Å²) in [6, 6.07) is 24.5. The molecule has 0 atom stereocenters. The average molecular weight is 399 g/mol. The highest BCUT2D eigenvalue weighted by atomic mass is 35.5. The zero-order chi connectivity index (χ0) is 19.8. The van der Waals surface area contributed by atoms with Gasteiger partial charge in [0.1, 0.15) is 5.52 Å². The van der Waals surface area contributed by atoms with Gasteiger partial charge in [0.15, 0.2) is 5.75 Å². The quantitative estimate of drug-likeness (QED) is 0.394. The van der Waals surface area contributed by atoms with Crippen LogP contribution in [0.3, 0.4) is 0 Å². The Hall–Kier alpha value is -3.63. The molecule has 0 saturated carbocycles. The van der Waals surface area contributed by atoms with Crippen molar-refractivity contribution in [3.63, 3.8) is 0 Å². The van der Waals surface area contributed by atoms with Gasteiger partial charge in [-0.2, -0.15) is 0 Å². The Morgan fingerprint density at radius 2 is 1.72 bits per heavy atom. The Labute approximate surface area is 171 Å². The van der Waals surface area contributed by atoms with Crippen LogP contribution in [0.4, 0.5) is 0 Å². The zero-order valence-corrected chi connectivity index (χ0v) is 16.0. The van der Waals surface area contributed by atoms with E-state index in [0.717, 1.165) is 16.3 Å². The molecule has 0 bridgehead atoms. The molecule has 0 amide bonds. The van der Waals surface area contributed by atoms with Gasteiger partial charge in [-0.15, -0.1) is 0 Å². The van der Waals surface area contributed by atoms with Crippen molar-refractivity contribution >= 4 is 33.4 Å². The van der Waals surface area contributed by atoms with Gasteiger partial charge in [-0.1, -0.05) is 60.1 Å². The first-order valence-corrected chi connectivity index (χ1v) is 9.51. The van der Waals surface area contributed by atoms with Crippen molar-refractivity contribution in [2.45, 2.75) is 0 Å². The highest BCUT2D eigenvalue weighted by Crippen LogP contribution is 2.38. The lowest BCUT2D eigenvalue weighted by Crippen LogP contribution is -2.11. The van der Waals surface area contributed by atoms with Crippen molar-refractivity contribution in [2.75, 3.05) is 0 Å². The van der Waals surface area contributed by atoms with E-state index in [2.05, 4.69) is 9.97 Å². The van der Waals surface area contributed by atoms with Crippen LogP contribution in [-0.2, 0) is 0 Å². The summed E-state index contributed by atoms with van der Waals surface area (Å²) < 4.78 is 6.21. The second kappa shape index (κ2) is 7.08. The van der Waals surface area contributed by atoms with Gasteiger partial charge in [-0.3, -0.25) is 9.78 Å². The van der Waals surface area contributed by atoms with Crippen molar-refractivity contribution < 1.29 is 4.74 Å². The third-order valence-corrected chi connectivity index (χ3v) is 5.04. The molecule has 140 valence electrons. The number of aromatic amines is 1. The predicted molar refractivity (Wildman–Crippen MR) is 117 cm³/mol. The van der Waals surface area contributed by atoms with Crippen molar-refractivity contribution in [1.29, 1.82) is 0 Å². The lowest BCUT2D eigenvalue weighted by atomic mass is 10.00. The molecule has 5 aromatic rings. The van der Waals surface area contributed by atoms with Crippen molar-refractivity contribution in [3.05, 3.63) is 100 Å². The Morgan fingerprint density at radius 3 is 2.59 bits per heavy atom. The van der Waals surface area contributed by atoms with Gasteiger partial charge in [0.25, 0.3) is 5.56 Å². The van der Waals surface area contributed by atoms with Gasteiger partial charge >= 0.3 is 0 Å². The second-order valence-corrected chi connectivity index (χ2v) is 7.08. The third kappa shape index (κ3) is 3.13. The minimum Gasteiger partial charge on any atom is -0.449 e. The summed E-state index contributed by atoms with van der Waals surface area (Å²) in [5.41, 5.74) is 2.64. The zero-order valence-electron chi connectivity index (χ0n) is 15.2. The standard InChI is InChI=1S/C24H15ClN2O2/c25-17-11-12-19-18(14-17)21(15-6-2-1-3-7-15)23(24(28)27-19)29-20-10-4-8-16-9-5-13-26-22(16)20/h1-14H,(H,27,28). The van der Waals surface area contributed by atoms with E-state index in [9.17, 15) is 4.79 Å². The van der Waals surface area contributed by atoms with Gasteiger partial charge in [-0.25, -0.2) is 0 Å². The number of pyridine rings is 2. The maximum absolute atomic E-state index is 13.0. The first kappa shape index (κ1) is 17.5. The maximum Gasteiger partial charge on any atom is 0.292 e. The SMILES string of the molecule is O=c1[nH]c2ccc(Cl)cc2c(-c2ccccc2)c1Oc1cccc2cccnc12. The normalized spacial score (nSPS) is 11.1. The van der Waals surface area contributed by atoms with Crippen LogP contribution in [0.15, 0.2) is 89.9 Å². The van der Waals surface area contributed by atoms with Gasteiger partial charge < -0.3 is 9.72 Å². The highest BCUT2D eigenvalue weighted by molar-refractivity contribution is 6.31. The molecule has 4 nitrogen and oxygen atoms in total. The molecule has 0 radical (unpaired) electrons. The van der Waals surface area contributed by atoms with E-state index in [1.807, 2.05) is 66.7 Å². The largest absolute Gasteiger partial charge is 0.449 e. The smallest absolute Gasteiger partial charge is 0.292 e. The number of fused-ring (bicyclic) bond motifs is 2. The van der Waals surface area contributed by atoms with Gasteiger partial charge in [0.05, 0.1) is 0 Å². The summed E-state index contributed by atoms with van der Waals surface area (Å²) in [6.45, 7) is 0. The molecule has 3 aromatic carbocycles. The minimum absolute atomic E-state index is 0.212. The number of hydrogen-bond donors (Lipinski definition) is 1. The number of para-hydroxylation sites is 1. The van der Waals surface area contributed by atoms with Crippen molar-refractivity contribution in [3.8, 4) is 22.6 Å². The summed E-state index contributed by atoms with van der Waals surface area (Å²) in [4.78, 5) is 20.4. The molecular weight excluding hydrogens is 384 g/mol. The summed E-state index contributed by atoms with van der Waals surface area (Å²) >= 11 is 6.27. The third-order valence-electron chi connectivity index (χ3n) is 4.80. The number of ether oxygens (including phenoxy) is 1. The number of benzene rings is 3. The highest BCUT2D eigenvalue weighted by Gasteiger charge is 2.18. The molecule has 5 heteroatoms. The van der Waals surface area contributed by atoms with E-state index in [4.69, 9.17) is 16.3 Å². The minimum atomic E-state index is -0.313. The molecule has 2 heterocycles. The number of aromatic nitrogens is 2. The first-order valence-electron chi connectivity index (χ1n) is 9.13. The molecule has 2 aromatic heterocycles. The number of rotatable bonds is 3. The monoisotopic (exact) mass is 398 g/mol. The molecular formula is C24H15ClN2O2. The predicted octanol–water partition coefficient (Wildman–Crippen LogP) is 6.19. The Kier molecular flexibility index (Phi) is 4.26. The molecule has 0 spiro atoms. The summed E-state index contributed by atoms with van der Waals surface area (Å²) in [6.07, 6.45) is 1.71. The molecule has 0 fully saturated rings. The van der Waals surface area contributed by atoms with Gasteiger partial charge in [0, 0.05) is 33.1 Å². The van der Waals surface area contributed by atoms with Crippen LogP contribution < -0.4 is 10.3 Å². The summed E-state index contributed by atoms with van der Waals surface area (Å²) in [7, 11) is 0. The van der Waals surface area contributed by atoms with E-state index in [-0.39, 0.29) is 11.3 Å². The van der Waals surface area contributed by atoms with E-state index in [1.54, 1.807) is 18.3 Å². The Balaban J connectivity index is 1.81. The van der Waals surface area contributed by atoms with Gasteiger partial charge in [0.2, 0.25) is 5.75 Å². The molecule has 0 aliphatic heterocycles. The maximum atomic E-state index is 13.0. The molecule has 0 saturated heterocycles. The van der Waals surface area contributed by atoms with Crippen LogP contribution in [0.2, 0.25) is 5.02 Å². The Bertz CT molecular complexity index is 1410. The fraction of sp³-hybridized carbons (Fsp3) is 0. The van der Waals surface area contributed by atoms with Crippen LogP contribution in [0.25, 0.3) is 32.9 Å². The molecule has 0 aliphatic carbocycles. The number of halogens is 1. The van der Waals surface area contributed by atoms with Crippen LogP contribution in [-0.4, -0.2) is 9.97 Å². The lowest BCUT2D eigenvalue weighted by Gasteiger charge is -2.15. The topological polar surface area (TPSA) is 55.0 Å². The van der Waals surface area contributed by atoms with E-state index < -0.39 is 0 Å². The van der Waals surface area contributed by atoms with E-state index in [0.29, 0.717) is 27.4 Å². The van der Waals surface area contributed by atoms with Gasteiger partial charge in [-0.05, 0) is 35.9 Å². The van der Waals surface area contributed by atoms with Crippen LogP contribution >= 0.6 is 11.6 Å². The van der Waals surface area contributed by atoms with E-state index >= 15 is 0 Å². The fourth-order valence-corrected chi connectivity index (χ4v) is 3.68. The number of nitrogens with zero attached hydrogens (tertiary/aromatic N) is 1. The fourth-order valence-electron chi connectivity index (χ4n) is 3.50. The molecule has 1 N–H and O–H groups in total. The first-order chi connectivity index (χ1) is 14.2. The lowest BCUT2D eigenvalue weighted by molar-refractivity contribution is 0.482. The van der Waals surface area contributed by atoms with Crippen LogP contribution in [0.5, 0.6) is 11.5 Å². The van der Waals surface area contributed by atoms with Crippen molar-refractivity contribution in [2.24, 2.45) is 0 Å². The summed E-state index contributed by atoms with van der Waals surface area (Å²) in [5.74, 6) is 0.733. The Morgan fingerprint density at radius 1 is 0.897 bits per heavy atom. The van der Waals surface area contributed by atoms with Crippen LogP contribution in [0.1, 0.15) is 0 Å². The van der Waals surface area contributed by atoms with Crippen LogP contribution in [0, 0.1) is 0 Å².